The third kappa shape index (κ3) is 3.04. The van der Waals surface area contributed by atoms with Gasteiger partial charge in [-0.1, -0.05) is 18.2 Å². The van der Waals surface area contributed by atoms with Crippen LogP contribution in [0.4, 0.5) is 0 Å². The Bertz CT molecular complexity index is 547. The molecule has 0 amide bonds. The predicted molar refractivity (Wildman–Crippen MR) is 79.0 cm³/mol. The van der Waals surface area contributed by atoms with Gasteiger partial charge < -0.3 is 15.0 Å². The minimum absolute atomic E-state index is 0.616. The number of nitrogens with one attached hydrogen (secondary N) is 2. The summed E-state index contributed by atoms with van der Waals surface area (Å²) in [5.41, 5.74) is 2.05. The summed E-state index contributed by atoms with van der Waals surface area (Å²) in [6, 6.07) is 5.95. The molecule has 1 atom stereocenters. The number of hydrogen-bond donors (Lipinski definition) is 2. The average Bonchev–Trinajstić information content (AvgIpc) is 2.64. The molecule has 4 nitrogen and oxygen atoms in total. The molecular formula is C14H19N3OS. The van der Waals surface area contributed by atoms with Crippen molar-refractivity contribution in [2.45, 2.75) is 29.7 Å². The minimum atomic E-state index is 0.616. The lowest BCUT2D eigenvalue weighted by molar-refractivity contribution is 0.415. The van der Waals surface area contributed by atoms with Crippen LogP contribution in [-0.2, 0) is 0 Å². The third-order valence-electron chi connectivity index (χ3n) is 3.45. The summed E-state index contributed by atoms with van der Waals surface area (Å²) in [6.45, 7) is 2.22. The molecule has 1 saturated heterocycles. The van der Waals surface area contributed by atoms with Gasteiger partial charge in [-0.15, -0.1) is 0 Å². The number of fused-ring (bicyclic) bond motifs is 1. The summed E-state index contributed by atoms with van der Waals surface area (Å²) >= 11 is 1.85. The average molecular weight is 277 g/mol. The van der Waals surface area contributed by atoms with Gasteiger partial charge in [-0.3, -0.25) is 0 Å². The molecule has 0 radical (unpaired) electrons. The lowest BCUT2D eigenvalue weighted by Gasteiger charge is -2.11. The Morgan fingerprint density at radius 3 is 3.21 bits per heavy atom. The lowest BCUT2D eigenvalue weighted by Crippen LogP contribution is -2.22. The van der Waals surface area contributed by atoms with Crippen molar-refractivity contribution < 1.29 is 4.74 Å². The van der Waals surface area contributed by atoms with Gasteiger partial charge in [0.25, 0.3) is 0 Å². The number of nitrogens with zero attached hydrogens (tertiary/aromatic N) is 1. The van der Waals surface area contributed by atoms with Crippen LogP contribution in [0.25, 0.3) is 11.0 Å². The molecule has 0 spiro atoms. The van der Waals surface area contributed by atoms with Gasteiger partial charge in [0.05, 0.1) is 18.1 Å². The quantitative estimate of drug-likeness (QED) is 0.906. The molecule has 1 aromatic heterocycles. The summed E-state index contributed by atoms with van der Waals surface area (Å²) in [4.78, 5) is 8.02. The Balaban J connectivity index is 1.76. The predicted octanol–water partition coefficient (Wildman–Crippen LogP) is 2.81. The first-order valence-corrected chi connectivity index (χ1v) is 7.64. The molecule has 5 heteroatoms. The second kappa shape index (κ2) is 5.84. The highest BCUT2D eigenvalue weighted by Crippen LogP contribution is 2.28. The molecule has 2 N–H and O–H groups in total. The van der Waals surface area contributed by atoms with Crippen LogP contribution in [0.2, 0.25) is 0 Å². The number of rotatable bonds is 3. The zero-order valence-electron chi connectivity index (χ0n) is 11.1. The highest BCUT2D eigenvalue weighted by Gasteiger charge is 2.15. The van der Waals surface area contributed by atoms with E-state index in [1.165, 1.54) is 19.3 Å². The van der Waals surface area contributed by atoms with Crippen LogP contribution in [-0.4, -0.2) is 35.4 Å². The van der Waals surface area contributed by atoms with Crippen molar-refractivity contribution in [1.82, 2.24) is 15.3 Å². The summed E-state index contributed by atoms with van der Waals surface area (Å²) in [6.07, 6.45) is 3.85. The van der Waals surface area contributed by atoms with Crippen molar-refractivity contribution in [2.24, 2.45) is 0 Å². The van der Waals surface area contributed by atoms with Crippen LogP contribution in [0.5, 0.6) is 5.75 Å². The number of methoxy groups -OCH3 is 1. The highest BCUT2D eigenvalue weighted by molar-refractivity contribution is 7.99. The first-order valence-electron chi connectivity index (χ1n) is 6.76. The van der Waals surface area contributed by atoms with Gasteiger partial charge in [0, 0.05) is 17.9 Å². The van der Waals surface area contributed by atoms with E-state index in [2.05, 4.69) is 15.3 Å². The highest BCUT2D eigenvalue weighted by atomic mass is 32.2. The molecule has 1 aromatic carbocycles. The number of aromatic nitrogens is 2. The first kappa shape index (κ1) is 12.8. The summed E-state index contributed by atoms with van der Waals surface area (Å²) in [5.74, 6) is 0.865. The maximum Gasteiger partial charge on any atom is 0.166 e. The van der Waals surface area contributed by atoms with Crippen LogP contribution in [0.1, 0.15) is 19.3 Å². The maximum absolute atomic E-state index is 5.23. The van der Waals surface area contributed by atoms with E-state index in [1.54, 1.807) is 7.11 Å². The molecule has 19 heavy (non-hydrogen) atoms. The zero-order valence-corrected chi connectivity index (χ0v) is 11.9. The first-order chi connectivity index (χ1) is 9.35. The van der Waals surface area contributed by atoms with Crippen molar-refractivity contribution in [3.05, 3.63) is 18.2 Å². The number of hydrogen-bond acceptors (Lipinski definition) is 4. The van der Waals surface area contributed by atoms with E-state index in [-0.39, 0.29) is 0 Å². The Hall–Kier alpha value is -1.20. The van der Waals surface area contributed by atoms with Crippen molar-refractivity contribution in [3.63, 3.8) is 0 Å². The molecule has 3 rings (SSSR count). The van der Waals surface area contributed by atoms with Gasteiger partial charge >= 0.3 is 0 Å². The fourth-order valence-corrected chi connectivity index (χ4v) is 3.52. The van der Waals surface area contributed by atoms with Crippen LogP contribution in [0, 0.1) is 0 Å². The van der Waals surface area contributed by atoms with Gasteiger partial charge in [-0.2, -0.15) is 0 Å². The van der Waals surface area contributed by atoms with E-state index in [4.69, 9.17) is 4.74 Å². The van der Waals surface area contributed by atoms with E-state index in [1.807, 2.05) is 30.0 Å². The summed E-state index contributed by atoms with van der Waals surface area (Å²) in [7, 11) is 1.68. The minimum Gasteiger partial charge on any atom is -0.497 e. The number of H-pyrrole nitrogens is 1. The van der Waals surface area contributed by atoms with E-state index >= 15 is 0 Å². The molecule has 1 fully saturated rings. The SMILES string of the molecule is COc1ccc2nc(SC3CCCCNC3)[nH]c2c1. The molecule has 1 aliphatic heterocycles. The molecule has 2 aromatic rings. The Labute approximate surface area is 117 Å². The lowest BCUT2D eigenvalue weighted by atomic mass is 10.2. The summed E-state index contributed by atoms with van der Waals surface area (Å²) < 4.78 is 5.23. The van der Waals surface area contributed by atoms with Crippen LogP contribution in [0.15, 0.2) is 23.4 Å². The number of thioether (sulfide) groups is 1. The Morgan fingerprint density at radius 2 is 2.32 bits per heavy atom. The second-order valence-corrected chi connectivity index (χ2v) is 6.15. The summed E-state index contributed by atoms with van der Waals surface area (Å²) in [5, 5.41) is 5.11. The Morgan fingerprint density at radius 1 is 1.37 bits per heavy atom. The van der Waals surface area contributed by atoms with Gasteiger partial charge in [-0.05, 0) is 31.5 Å². The zero-order chi connectivity index (χ0) is 13.1. The van der Waals surface area contributed by atoms with Crippen LogP contribution in [0.3, 0.4) is 0 Å². The largest absolute Gasteiger partial charge is 0.497 e. The van der Waals surface area contributed by atoms with E-state index < -0.39 is 0 Å². The fourth-order valence-electron chi connectivity index (χ4n) is 2.39. The fraction of sp³-hybridized carbons (Fsp3) is 0.500. The molecule has 0 saturated carbocycles. The van der Waals surface area contributed by atoms with Crippen molar-refractivity contribution >= 4 is 22.8 Å². The molecule has 1 aliphatic rings. The second-order valence-electron chi connectivity index (χ2n) is 4.86. The van der Waals surface area contributed by atoms with E-state index in [9.17, 15) is 0 Å². The normalized spacial score (nSPS) is 20.4. The number of ether oxygens (including phenoxy) is 1. The van der Waals surface area contributed by atoms with Gasteiger partial charge in [0.1, 0.15) is 5.75 Å². The van der Waals surface area contributed by atoms with Crippen molar-refractivity contribution in [2.75, 3.05) is 20.2 Å². The van der Waals surface area contributed by atoms with Gasteiger partial charge in [-0.25, -0.2) is 4.98 Å². The molecule has 2 heterocycles. The molecule has 102 valence electrons. The molecule has 0 aliphatic carbocycles. The van der Waals surface area contributed by atoms with Gasteiger partial charge in [0.15, 0.2) is 5.16 Å². The van der Waals surface area contributed by atoms with Crippen molar-refractivity contribution in [1.29, 1.82) is 0 Å². The maximum atomic E-state index is 5.23. The molecule has 0 bridgehead atoms. The number of imidazole rings is 1. The van der Waals surface area contributed by atoms with Crippen molar-refractivity contribution in [3.8, 4) is 5.75 Å². The number of aromatic amines is 1. The smallest absolute Gasteiger partial charge is 0.166 e. The Kier molecular flexibility index (Phi) is 3.94. The van der Waals surface area contributed by atoms with Crippen LogP contribution < -0.4 is 10.1 Å². The number of benzene rings is 1. The van der Waals surface area contributed by atoms with E-state index in [0.717, 1.165) is 35.0 Å². The van der Waals surface area contributed by atoms with Crippen LogP contribution >= 0.6 is 11.8 Å². The standard InChI is InChI=1S/C14H19N3OS/c1-18-10-5-6-12-13(8-10)17-14(16-12)19-11-4-2-3-7-15-9-11/h5-6,8,11,15H,2-4,7,9H2,1H3,(H,16,17). The van der Waals surface area contributed by atoms with E-state index in [0.29, 0.717) is 5.25 Å². The molecule has 1 unspecified atom stereocenters. The van der Waals surface area contributed by atoms with Gasteiger partial charge in [0.2, 0.25) is 0 Å². The molecular weight excluding hydrogens is 258 g/mol. The monoisotopic (exact) mass is 277 g/mol. The topological polar surface area (TPSA) is 49.9 Å². The third-order valence-corrected chi connectivity index (χ3v) is 4.60.